The van der Waals surface area contributed by atoms with Crippen LogP contribution in [0, 0.1) is 23.3 Å². The molecule has 0 aliphatic carbocycles. The van der Waals surface area contributed by atoms with E-state index in [4.69, 9.17) is 10.2 Å². The van der Waals surface area contributed by atoms with Gasteiger partial charge in [0.2, 0.25) is 0 Å². The molecule has 0 saturated heterocycles. The molecule has 1 aromatic carbocycles. The van der Waals surface area contributed by atoms with Gasteiger partial charge in [0.15, 0.2) is 23.3 Å². The maximum atomic E-state index is 13.1. The van der Waals surface area contributed by atoms with Crippen molar-refractivity contribution in [1.82, 2.24) is 0 Å². The zero-order chi connectivity index (χ0) is 13.6. The second-order valence-corrected chi connectivity index (χ2v) is 2.80. The molecule has 0 fully saturated rings. The molecule has 3 nitrogen and oxygen atoms in total. The number of halogens is 4. The first-order chi connectivity index (χ1) is 8.04. The molecule has 2 N–H and O–H groups in total. The average Bonchev–Trinajstić information content (AvgIpc) is 2.35. The van der Waals surface area contributed by atoms with Gasteiger partial charge >= 0.3 is 0 Å². The van der Waals surface area contributed by atoms with Crippen LogP contribution in [0.1, 0.15) is 11.1 Å². The molecule has 102 valence electrons. The summed E-state index contributed by atoms with van der Waals surface area (Å²) < 4.78 is 56.7. The Hall–Kier alpha value is -0.297. The molecule has 0 heterocycles. The van der Waals surface area contributed by atoms with Crippen molar-refractivity contribution in [3.05, 3.63) is 34.4 Å². The third-order valence-corrected chi connectivity index (χ3v) is 1.89. The van der Waals surface area contributed by atoms with Crippen LogP contribution in [0.4, 0.5) is 17.6 Å². The van der Waals surface area contributed by atoms with Crippen LogP contribution in [0.2, 0.25) is 0 Å². The van der Waals surface area contributed by atoms with Crippen LogP contribution < -0.4 is 0 Å². The molecule has 0 atom stereocenters. The second kappa shape index (κ2) is 9.61. The second-order valence-electron chi connectivity index (χ2n) is 2.80. The molecule has 0 aliphatic rings. The molecule has 0 saturated carbocycles. The van der Waals surface area contributed by atoms with Gasteiger partial charge < -0.3 is 14.9 Å². The normalized spacial score (nSPS) is 9.33. The fourth-order valence-corrected chi connectivity index (χ4v) is 1.13. The molecule has 0 unspecified atom stereocenters. The quantitative estimate of drug-likeness (QED) is 0.643. The van der Waals surface area contributed by atoms with Crippen molar-refractivity contribution in [1.29, 1.82) is 0 Å². The molecular formula is C10H12F4O3Zr. The van der Waals surface area contributed by atoms with Crippen LogP contribution in [0.25, 0.3) is 0 Å². The van der Waals surface area contributed by atoms with Gasteiger partial charge in [-0.25, -0.2) is 17.6 Å². The van der Waals surface area contributed by atoms with Gasteiger partial charge in [-0.15, -0.1) is 0 Å². The molecule has 0 aromatic heterocycles. The Morgan fingerprint density at radius 1 is 0.889 bits per heavy atom. The number of rotatable bonds is 3. The van der Waals surface area contributed by atoms with Crippen molar-refractivity contribution >= 4 is 0 Å². The van der Waals surface area contributed by atoms with Gasteiger partial charge in [-0.3, -0.25) is 0 Å². The van der Waals surface area contributed by atoms with Crippen molar-refractivity contribution < 1.29 is 58.7 Å². The van der Waals surface area contributed by atoms with E-state index in [1.54, 1.807) is 0 Å². The van der Waals surface area contributed by atoms with Crippen molar-refractivity contribution in [2.24, 2.45) is 0 Å². The maximum Gasteiger partial charge on any atom is 0.167 e. The van der Waals surface area contributed by atoms with Gasteiger partial charge in [0.25, 0.3) is 0 Å². The minimum absolute atomic E-state index is 0. The Morgan fingerprint density at radius 2 is 1.22 bits per heavy atom. The summed E-state index contributed by atoms with van der Waals surface area (Å²) in [5.41, 5.74) is -1.85. The SMILES string of the molecule is CO.COCc1c(F)c(F)c(CO)c(F)c1F.[Zr]. The summed E-state index contributed by atoms with van der Waals surface area (Å²) >= 11 is 0. The molecule has 0 spiro atoms. The summed E-state index contributed by atoms with van der Waals surface area (Å²) in [6, 6.07) is 0. The summed E-state index contributed by atoms with van der Waals surface area (Å²) in [5.74, 6) is -6.27. The monoisotopic (exact) mass is 346 g/mol. The van der Waals surface area contributed by atoms with E-state index >= 15 is 0 Å². The van der Waals surface area contributed by atoms with E-state index in [-0.39, 0.29) is 26.2 Å². The number of benzene rings is 1. The van der Waals surface area contributed by atoms with Crippen LogP contribution in [-0.4, -0.2) is 24.4 Å². The zero-order valence-corrected chi connectivity index (χ0v) is 12.2. The first-order valence-electron chi connectivity index (χ1n) is 4.42. The Morgan fingerprint density at radius 3 is 1.50 bits per heavy atom. The Labute approximate surface area is 121 Å². The van der Waals surface area contributed by atoms with E-state index in [1.165, 1.54) is 0 Å². The number of methoxy groups -OCH3 is 1. The van der Waals surface area contributed by atoms with Gasteiger partial charge in [-0.2, -0.15) is 0 Å². The third-order valence-electron chi connectivity index (χ3n) is 1.89. The van der Waals surface area contributed by atoms with Gasteiger partial charge in [0, 0.05) is 40.4 Å². The Kier molecular flexibility index (Phi) is 10.7. The molecule has 1 aromatic rings. The standard InChI is InChI=1S/C9H8F4O2.CH4O.Zr/c1-15-3-5-8(12)6(10)4(2-14)7(11)9(5)13;1-2;/h14H,2-3H2,1H3;2H,1H3;. The number of hydrogen-bond acceptors (Lipinski definition) is 3. The van der Waals surface area contributed by atoms with E-state index in [2.05, 4.69) is 4.74 Å². The van der Waals surface area contributed by atoms with Crippen LogP contribution >= 0.6 is 0 Å². The predicted octanol–water partition coefficient (Wildman–Crippen LogP) is 1.49. The summed E-state index contributed by atoms with van der Waals surface area (Å²) in [4.78, 5) is 0. The van der Waals surface area contributed by atoms with E-state index in [0.29, 0.717) is 0 Å². The first kappa shape index (κ1) is 20.0. The van der Waals surface area contributed by atoms with Crippen molar-refractivity contribution in [3.8, 4) is 0 Å². The Balaban J connectivity index is 0. The topological polar surface area (TPSA) is 49.7 Å². The molecule has 18 heavy (non-hydrogen) atoms. The van der Waals surface area contributed by atoms with Gasteiger partial charge in [-0.05, 0) is 0 Å². The molecule has 0 amide bonds. The third kappa shape index (κ3) is 4.12. The average molecular weight is 347 g/mol. The summed E-state index contributed by atoms with van der Waals surface area (Å²) in [7, 11) is 2.13. The van der Waals surface area contributed by atoms with Gasteiger partial charge in [-0.1, -0.05) is 0 Å². The fourth-order valence-electron chi connectivity index (χ4n) is 1.13. The predicted molar refractivity (Wildman–Crippen MR) is 51.1 cm³/mol. The molecule has 1 rings (SSSR count). The largest absolute Gasteiger partial charge is 0.400 e. The van der Waals surface area contributed by atoms with Crippen LogP contribution in [0.3, 0.4) is 0 Å². The van der Waals surface area contributed by atoms with Crippen LogP contribution in [0.5, 0.6) is 0 Å². The molecular weight excluding hydrogens is 335 g/mol. The summed E-state index contributed by atoms with van der Waals surface area (Å²) in [6.45, 7) is -1.70. The van der Waals surface area contributed by atoms with Crippen molar-refractivity contribution in [2.45, 2.75) is 13.2 Å². The fraction of sp³-hybridized carbons (Fsp3) is 0.400. The first-order valence-corrected chi connectivity index (χ1v) is 4.42. The number of ether oxygens (including phenoxy) is 1. The smallest absolute Gasteiger partial charge is 0.167 e. The van der Waals surface area contributed by atoms with Crippen molar-refractivity contribution in [3.63, 3.8) is 0 Å². The van der Waals surface area contributed by atoms with E-state index in [9.17, 15) is 17.6 Å². The van der Waals surface area contributed by atoms with Crippen LogP contribution in [0.15, 0.2) is 0 Å². The summed E-state index contributed by atoms with van der Waals surface area (Å²) in [6.07, 6.45) is 0. The number of hydrogen-bond donors (Lipinski definition) is 2. The van der Waals surface area contributed by atoms with Gasteiger partial charge in [0.05, 0.1) is 24.3 Å². The Bertz CT molecular complexity index is 359. The summed E-state index contributed by atoms with van der Waals surface area (Å²) in [5, 5.41) is 15.5. The molecule has 0 radical (unpaired) electrons. The van der Waals surface area contributed by atoms with Crippen molar-refractivity contribution in [2.75, 3.05) is 14.2 Å². The van der Waals surface area contributed by atoms with E-state index in [1.807, 2.05) is 0 Å². The minimum Gasteiger partial charge on any atom is -0.400 e. The molecule has 0 aliphatic heterocycles. The maximum absolute atomic E-state index is 13.1. The zero-order valence-electron chi connectivity index (χ0n) is 9.73. The van der Waals surface area contributed by atoms with Crippen LogP contribution in [-0.2, 0) is 44.2 Å². The molecule has 8 heteroatoms. The number of aliphatic hydroxyl groups is 2. The molecule has 0 bridgehead atoms. The van der Waals surface area contributed by atoms with E-state index < -0.39 is 47.6 Å². The minimum atomic E-state index is -1.59. The van der Waals surface area contributed by atoms with E-state index in [0.717, 1.165) is 14.2 Å². The number of aliphatic hydroxyl groups excluding tert-OH is 2. The van der Waals surface area contributed by atoms with Gasteiger partial charge in [0.1, 0.15) is 0 Å².